The molecular formula is C15H19N3O3. The molecule has 1 atom stereocenters. The van der Waals surface area contributed by atoms with Gasteiger partial charge in [-0.2, -0.15) is 0 Å². The van der Waals surface area contributed by atoms with Crippen LogP contribution in [0.25, 0.3) is 0 Å². The summed E-state index contributed by atoms with van der Waals surface area (Å²) >= 11 is 0. The van der Waals surface area contributed by atoms with Crippen molar-refractivity contribution < 1.29 is 15.0 Å². The normalized spacial score (nSPS) is 12.6. The lowest BCUT2D eigenvalue weighted by Gasteiger charge is -2.14. The van der Waals surface area contributed by atoms with Crippen LogP contribution in [-0.2, 0) is 13.0 Å². The van der Waals surface area contributed by atoms with Crippen molar-refractivity contribution in [3.63, 3.8) is 0 Å². The topological polar surface area (TPSA) is 88.2 Å². The van der Waals surface area contributed by atoms with E-state index in [-0.39, 0.29) is 18.2 Å². The van der Waals surface area contributed by atoms with Crippen molar-refractivity contribution in [3.05, 3.63) is 47.3 Å². The number of benzene rings is 1. The molecule has 0 bridgehead atoms. The van der Waals surface area contributed by atoms with Crippen LogP contribution in [0, 0.1) is 5.92 Å². The van der Waals surface area contributed by atoms with E-state index >= 15 is 0 Å². The Balaban J connectivity index is 2.25. The maximum Gasteiger partial charge on any atom is 0.358 e. The van der Waals surface area contributed by atoms with E-state index in [0.29, 0.717) is 12.1 Å². The zero-order chi connectivity index (χ0) is 15.4. The first-order valence-electron chi connectivity index (χ1n) is 6.87. The maximum absolute atomic E-state index is 11.2. The lowest BCUT2D eigenvalue weighted by atomic mass is 10.1. The molecule has 0 spiro atoms. The fourth-order valence-corrected chi connectivity index (χ4v) is 2.18. The molecule has 0 saturated heterocycles. The van der Waals surface area contributed by atoms with Gasteiger partial charge in [-0.25, -0.2) is 9.48 Å². The molecule has 2 rings (SSSR count). The SMILES string of the molecule is CC(C)Cc1c(C(=O)O)nnn1CC(O)c1ccccc1. The average Bonchev–Trinajstić information content (AvgIpc) is 2.82. The van der Waals surface area contributed by atoms with Crippen molar-refractivity contribution in [1.82, 2.24) is 15.0 Å². The van der Waals surface area contributed by atoms with Crippen LogP contribution < -0.4 is 0 Å². The molecule has 0 aliphatic carbocycles. The molecule has 1 heterocycles. The fraction of sp³-hybridized carbons (Fsp3) is 0.400. The number of aromatic nitrogens is 3. The van der Waals surface area contributed by atoms with Gasteiger partial charge in [0.15, 0.2) is 5.69 Å². The quantitative estimate of drug-likeness (QED) is 0.848. The first-order chi connectivity index (χ1) is 9.99. The molecule has 0 aliphatic rings. The highest BCUT2D eigenvalue weighted by molar-refractivity contribution is 5.86. The maximum atomic E-state index is 11.2. The number of rotatable bonds is 6. The fourth-order valence-electron chi connectivity index (χ4n) is 2.18. The number of aliphatic hydroxyl groups excluding tert-OH is 1. The van der Waals surface area contributed by atoms with E-state index in [1.165, 1.54) is 4.68 Å². The van der Waals surface area contributed by atoms with Gasteiger partial charge in [0.25, 0.3) is 0 Å². The van der Waals surface area contributed by atoms with Crippen molar-refractivity contribution in [2.24, 2.45) is 5.92 Å². The van der Waals surface area contributed by atoms with Gasteiger partial charge in [-0.3, -0.25) is 0 Å². The summed E-state index contributed by atoms with van der Waals surface area (Å²) in [5.74, 6) is -0.819. The summed E-state index contributed by atoms with van der Waals surface area (Å²) in [5.41, 5.74) is 1.27. The summed E-state index contributed by atoms with van der Waals surface area (Å²) in [4.78, 5) is 11.2. The Morgan fingerprint density at radius 1 is 1.29 bits per heavy atom. The van der Waals surface area contributed by atoms with E-state index in [9.17, 15) is 9.90 Å². The first-order valence-corrected chi connectivity index (χ1v) is 6.87. The van der Waals surface area contributed by atoms with Gasteiger partial charge in [0.1, 0.15) is 0 Å². The van der Waals surface area contributed by atoms with E-state index in [4.69, 9.17) is 5.11 Å². The zero-order valence-electron chi connectivity index (χ0n) is 12.1. The minimum atomic E-state index is -1.09. The standard InChI is InChI=1S/C15H19N3O3/c1-10(2)8-12-14(15(20)21)16-17-18(12)9-13(19)11-6-4-3-5-7-11/h3-7,10,13,19H,8-9H2,1-2H3,(H,20,21). The zero-order valence-corrected chi connectivity index (χ0v) is 12.1. The van der Waals surface area contributed by atoms with Gasteiger partial charge in [0.2, 0.25) is 0 Å². The third kappa shape index (κ3) is 3.66. The highest BCUT2D eigenvalue weighted by Crippen LogP contribution is 2.18. The Labute approximate surface area is 123 Å². The molecule has 0 saturated carbocycles. The summed E-state index contributed by atoms with van der Waals surface area (Å²) in [5, 5.41) is 27.0. The third-order valence-corrected chi connectivity index (χ3v) is 3.17. The number of carboxylic acid groups (broad SMARTS) is 1. The Hall–Kier alpha value is -2.21. The number of carboxylic acids is 1. The molecule has 2 aromatic rings. The van der Waals surface area contributed by atoms with Gasteiger partial charge in [-0.1, -0.05) is 49.4 Å². The van der Waals surface area contributed by atoms with Gasteiger partial charge < -0.3 is 10.2 Å². The van der Waals surface area contributed by atoms with E-state index in [1.54, 1.807) is 0 Å². The number of aromatic carboxylic acids is 1. The monoisotopic (exact) mass is 289 g/mol. The van der Waals surface area contributed by atoms with Crippen LogP contribution in [0.2, 0.25) is 0 Å². The second kappa shape index (κ2) is 6.49. The Bertz CT molecular complexity index is 608. The molecule has 0 aliphatic heterocycles. The molecule has 112 valence electrons. The molecule has 6 nitrogen and oxygen atoms in total. The summed E-state index contributed by atoms with van der Waals surface area (Å²) < 4.78 is 1.49. The number of nitrogens with zero attached hydrogens (tertiary/aromatic N) is 3. The molecule has 0 radical (unpaired) electrons. The number of hydrogen-bond acceptors (Lipinski definition) is 4. The Morgan fingerprint density at radius 3 is 2.52 bits per heavy atom. The van der Waals surface area contributed by atoms with Gasteiger partial charge >= 0.3 is 5.97 Å². The van der Waals surface area contributed by atoms with Crippen molar-refractivity contribution in [1.29, 1.82) is 0 Å². The Kier molecular flexibility index (Phi) is 4.70. The summed E-state index contributed by atoms with van der Waals surface area (Å²) in [6.45, 7) is 4.18. The van der Waals surface area contributed by atoms with E-state index in [0.717, 1.165) is 5.56 Å². The molecular weight excluding hydrogens is 270 g/mol. The molecule has 1 unspecified atom stereocenters. The second-order valence-corrected chi connectivity index (χ2v) is 5.40. The lowest BCUT2D eigenvalue weighted by Crippen LogP contribution is -2.15. The predicted octanol–water partition coefficient (Wildman–Crippen LogP) is 1.91. The second-order valence-electron chi connectivity index (χ2n) is 5.40. The van der Waals surface area contributed by atoms with E-state index in [1.807, 2.05) is 44.2 Å². The number of carbonyl (C=O) groups is 1. The van der Waals surface area contributed by atoms with Gasteiger partial charge in [0.05, 0.1) is 18.3 Å². The van der Waals surface area contributed by atoms with Gasteiger partial charge in [-0.15, -0.1) is 5.10 Å². The van der Waals surface area contributed by atoms with Crippen molar-refractivity contribution in [2.45, 2.75) is 32.9 Å². The van der Waals surface area contributed by atoms with Crippen molar-refractivity contribution in [2.75, 3.05) is 0 Å². The van der Waals surface area contributed by atoms with Crippen molar-refractivity contribution >= 4 is 5.97 Å². The molecule has 21 heavy (non-hydrogen) atoms. The Morgan fingerprint density at radius 2 is 1.95 bits per heavy atom. The minimum Gasteiger partial charge on any atom is -0.476 e. The first kappa shape index (κ1) is 15.2. The third-order valence-electron chi connectivity index (χ3n) is 3.17. The van der Waals surface area contributed by atoms with Crippen LogP contribution in [0.4, 0.5) is 0 Å². The van der Waals surface area contributed by atoms with Crippen LogP contribution in [0.1, 0.15) is 41.7 Å². The van der Waals surface area contributed by atoms with Crippen molar-refractivity contribution in [3.8, 4) is 0 Å². The molecule has 1 aromatic carbocycles. The number of hydrogen-bond donors (Lipinski definition) is 2. The molecule has 6 heteroatoms. The highest BCUT2D eigenvalue weighted by atomic mass is 16.4. The van der Waals surface area contributed by atoms with Crippen LogP contribution in [0.3, 0.4) is 0 Å². The van der Waals surface area contributed by atoms with Crippen LogP contribution in [0.5, 0.6) is 0 Å². The molecule has 2 N–H and O–H groups in total. The summed E-state index contributed by atoms with van der Waals surface area (Å²) in [6, 6.07) is 9.21. The molecule has 0 amide bonds. The number of aliphatic hydroxyl groups is 1. The van der Waals surface area contributed by atoms with Gasteiger partial charge in [0, 0.05) is 0 Å². The smallest absolute Gasteiger partial charge is 0.358 e. The van der Waals surface area contributed by atoms with E-state index < -0.39 is 12.1 Å². The average molecular weight is 289 g/mol. The van der Waals surface area contributed by atoms with E-state index in [2.05, 4.69) is 10.3 Å². The summed E-state index contributed by atoms with van der Waals surface area (Å²) in [7, 11) is 0. The largest absolute Gasteiger partial charge is 0.476 e. The predicted molar refractivity (Wildman–Crippen MR) is 76.9 cm³/mol. The van der Waals surface area contributed by atoms with Gasteiger partial charge in [-0.05, 0) is 17.9 Å². The molecule has 1 aromatic heterocycles. The summed E-state index contributed by atoms with van der Waals surface area (Å²) in [6.07, 6.45) is -0.198. The highest BCUT2D eigenvalue weighted by Gasteiger charge is 2.21. The lowest BCUT2D eigenvalue weighted by molar-refractivity contribution is 0.0688. The minimum absolute atomic E-state index is 0.0380. The van der Waals surface area contributed by atoms with Crippen LogP contribution in [0.15, 0.2) is 30.3 Å². The van der Waals surface area contributed by atoms with Crippen LogP contribution in [-0.4, -0.2) is 31.2 Å². The van der Waals surface area contributed by atoms with Crippen LogP contribution >= 0.6 is 0 Å². The molecule has 0 fully saturated rings.